The molecule has 0 aromatic heterocycles. The zero-order valence-electron chi connectivity index (χ0n) is 6.19. The molecule has 1 heterocycles. The lowest BCUT2D eigenvalue weighted by Gasteiger charge is -2.38. The zero-order chi connectivity index (χ0) is 8.48. The fourth-order valence-corrected chi connectivity index (χ4v) is 1.04. The van der Waals surface area contributed by atoms with Crippen LogP contribution in [0.1, 0.15) is 6.92 Å². The van der Waals surface area contributed by atoms with E-state index in [1.54, 1.807) is 0 Å². The molecule has 0 unspecified atom stereocenters. The molecule has 1 rings (SSSR count). The average molecular weight is 169 g/mol. The lowest BCUT2D eigenvalue weighted by molar-refractivity contribution is -0.354. The summed E-state index contributed by atoms with van der Waals surface area (Å²) in [6.07, 6.45) is -5.11. The lowest BCUT2D eigenvalue weighted by atomic mass is 10.2. The van der Waals surface area contributed by atoms with Crippen molar-refractivity contribution < 1.29 is 17.9 Å². The van der Waals surface area contributed by atoms with Gasteiger partial charge in [-0.2, -0.15) is 0 Å². The minimum absolute atomic E-state index is 0.399. The molecule has 0 bridgehead atoms. The first-order valence-electron chi connectivity index (χ1n) is 3.48. The van der Waals surface area contributed by atoms with Crippen molar-refractivity contribution in [2.24, 2.45) is 0 Å². The second-order valence-corrected chi connectivity index (χ2v) is 2.54. The molecule has 0 spiro atoms. The molecular weight excluding hydrogens is 159 g/mol. The summed E-state index contributed by atoms with van der Waals surface area (Å²) in [4.78, 5) is 1.89. The summed E-state index contributed by atoms with van der Waals surface area (Å²) in [6, 6.07) is 0. The van der Waals surface area contributed by atoms with Crippen LogP contribution in [0.25, 0.3) is 0 Å². The maximum atomic E-state index is 11.5. The standard InChI is InChI=1S/C6H10F3NO/c1-2-10-3-5(4-10)11-6(7,8)9/h5H,2-4H2,1H3. The highest BCUT2D eigenvalue weighted by Gasteiger charge is 2.38. The number of alkyl halides is 3. The molecule has 0 saturated carbocycles. The van der Waals surface area contributed by atoms with Gasteiger partial charge in [-0.15, -0.1) is 13.2 Å². The van der Waals surface area contributed by atoms with E-state index in [1.807, 2.05) is 11.8 Å². The second kappa shape index (κ2) is 2.98. The van der Waals surface area contributed by atoms with Crippen molar-refractivity contribution in [2.75, 3.05) is 19.6 Å². The topological polar surface area (TPSA) is 12.5 Å². The number of halogens is 3. The van der Waals surface area contributed by atoms with Crippen LogP contribution in [-0.2, 0) is 4.74 Å². The summed E-state index contributed by atoms with van der Waals surface area (Å²) in [7, 11) is 0. The maximum absolute atomic E-state index is 11.5. The van der Waals surface area contributed by atoms with Crippen LogP contribution < -0.4 is 0 Å². The van der Waals surface area contributed by atoms with Gasteiger partial charge >= 0.3 is 6.36 Å². The van der Waals surface area contributed by atoms with E-state index in [2.05, 4.69) is 4.74 Å². The molecule has 11 heavy (non-hydrogen) atoms. The highest BCUT2D eigenvalue weighted by molar-refractivity contribution is 4.79. The molecule has 0 radical (unpaired) electrons. The largest absolute Gasteiger partial charge is 0.522 e. The average Bonchev–Trinajstić information content (AvgIpc) is 1.75. The van der Waals surface area contributed by atoms with Crippen LogP contribution >= 0.6 is 0 Å². The molecule has 1 fully saturated rings. The van der Waals surface area contributed by atoms with Gasteiger partial charge in [-0.3, -0.25) is 9.64 Å². The van der Waals surface area contributed by atoms with E-state index in [9.17, 15) is 13.2 Å². The van der Waals surface area contributed by atoms with Crippen LogP contribution in [0.15, 0.2) is 0 Å². The highest BCUT2D eigenvalue weighted by atomic mass is 19.4. The number of likely N-dealkylation sites (tertiary alicyclic amines) is 1. The summed E-state index contributed by atoms with van der Waals surface area (Å²) in [5, 5.41) is 0. The van der Waals surface area contributed by atoms with E-state index in [1.165, 1.54) is 0 Å². The molecule has 0 aromatic rings. The molecular formula is C6H10F3NO. The predicted octanol–water partition coefficient (Wildman–Crippen LogP) is 1.23. The first kappa shape index (κ1) is 8.80. The Morgan fingerprint density at radius 1 is 1.45 bits per heavy atom. The summed E-state index contributed by atoms with van der Waals surface area (Å²) in [5.41, 5.74) is 0. The number of nitrogens with zero attached hydrogens (tertiary/aromatic N) is 1. The fraction of sp³-hybridized carbons (Fsp3) is 1.00. The predicted molar refractivity (Wildman–Crippen MR) is 33.0 cm³/mol. The Morgan fingerprint density at radius 2 is 2.00 bits per heavy atom. The molecule has 1 aliphatic heterocycles. The zero-order valence-corrected chi connectivity index (χ0v) is 6.19. The van der Waals surface area contributed by atoms with Crippen LogP contribution in [0.3, 0.4) is 0 Å². The SMILES string of the molecule is CCN1CC(OC(F)(F)F)C1. The molecule has 0 N–H and O–H groups in total. The van der Waals surface area contributed by atoms with Crippen molar-refractivity contribution in [3.8, 4) is 0 Å². The van der Waals surface area contributed by atoms with Crippen LogP contribution in [0.4, 0.5) is 13.2 Å². The summed E-state index contributed by atoms with van der Waals surface area (Å²) in [5.74, 6) is 0. The van der Waals surface area contributed by atoms with E-state index in [0.717, 1.165) is 6.54 Å². The van der Waals surface area contributed by atoms with Gasteiger partial charge in [-0.05, 0) is 6.54 Å². The minimum Gasteiger partial charge on any atom is -0.298 e. The summed E-state index contributed by atoms with van der Waals surface area (Å²) < 4.78 is 38.3. The Hall–Kier alpha value is -0.290. The smallest absolute Gasteiger partial charge is 0.298 e. The van der Waals surface area contributed by atoms with Gasteiger partial charge in [-0.25, -0.2) is 0 Å². The Morgan fingerprint density at radius 3 is 2.36 bits per heavy atom. The van der Waals surface area contributed by atoms with Crippen molar-refractivity contribution in [1.29, 1.82) is 0 Å². The van der Waals surface area contributed by atoms with E-state index in [-0.39, 0.29) is 0 Å². The van der Waals surface area contributed by atoms with Crippen LogP contribution in [0.2, 0.25) is 0 Å². The first-order valence-corrected chi connectivity index (χ1v) is 3.48. The number of ether oxygens (including phenoxy) is 1. The molecule has 1 aliphatic rings. The van der Waals surface area contributed by atoms with Crippen molar-refractivity contribution in [1.82, 2.24) is 4.90 Å². The van der Waals surface area contributed by atoms with Crippen LogP contribution in [0, 0.1) is 0 Å². The van der Waals surface area contributed by atoms with Gasteiger partial charge in [0.1, 0.15) is 0 Å². The Labute approximate surface area is 62.9 Å². The normalized spacial score (nSPS) is 21.8. The monoisotopic (exact) mass is 169 g/mol. The molecule has 5 heteroatoms. The van der Waals surface area contributed by atoms with Crippen molar-refractivity contribution in [2.45, 2.75) is 19.4 Å². The maximum Gasteiger partial charge on any atom is 0.522 e. The lowest BCUT2D eigenvalue weighted by Crippen LogP contribution is -2.53. The van der Waals surface area contributed by atoms with Gasteiger partial charge < -0.3 is 0 Å². The Balaban J connectivity index is 2.14. The molecule has 0 atom stereocenters. The summed E-state index contributed by atoms with van der Waals surface area (Å²) in [6.45, 7) is 3.49. The number of hydrogen-bond acceptors (Lipinski definition) is 2. The third-order valence-corrected chi connectivity index (χ3v) is 1.67. The quantitative estimate of drug-likeness (QED) is 0.616. The molecule has 0 amide bonds. The van der Waals surface area contributed by atoms with Gasteiger partial charge in [0, 0.05) is 13.1 Å². The molecule has 1 saturated heterocycles. The van der Waals surface area contributed by atoms with Gasteiger partial charge in [0.25, 0.3) is 0 Å². The minimum atomic E-state index is -4.47. The van der Waals surface area contributed by atoms with E-state index >= 15 is 0 Å². The van der Waals surface area contributed by atoms with Crippen molar-refractivity contribution in [3.05, 3.63) is 0 Å². The second-order valence-electron chi connectivity index (χ2n) is 2.54. The van der Waals surface area contributed by atoms with Crippen molar-refractivity contribution in [3.63, 3.8) is 0 Å². The van der Waals surface area contributed by atoms with E-state index in [4.69, 9.17) is 0 Å². The fourth-order valence-electron chi connectivity index (χ4n) is 1.04. The first-order chi connectivity index (χ1) is 5.01. The van der Waals surface area contributed by atoms with Gasteiger partial charge in [0.2, 0.25) is 0 Å². The molecule has 0 aliphatic carbocycles. The van der Waals surface area contributed by atoms with E-state index < -0.39 is 12.5 Å². The van der Waals surface area contributed by atoms with Gasteiger partial charge in [0.05, 0.1) is 6.10 Å². The van der Waals surface area contributed by atoms with Crippen molar-refractivity contribution >= 4 is 0 Å². The number of hydrogen-bond donors (Lipinski definition) is 0. The Bertz CT molecular complexity index is 130. The van der Waals surface area contributed by atoms with E-state index in [0.29, 0.717) is 13.1 Å². The third kappa shape index (κ3) is 2.67. The van der Waals surface area contributed by atoms with Crippen LogP contribution in [-0.4, -0.2) is 37.0 Å². The van der Waals surface area contributed by atoms with Gasteiger partial charge in [-0.1, -0.05) is 6.92 Å². The number of rotatable bonds is 2. The Kier molecular flexibility index (Phi) is 2.39. The molecule has 0 aromatic carbocycles. The third-order valence-electron chi connectivity index (χ3n) is 1.67. The summed E-state index contributed by atoms with van der Waals surface area (Å²) >= 11 is 0. The van der Waals surface area contributed by atoms with Crippen LogP contribution in [0.5, 0.6) is 0 Å². The highest BCUT2D eigenvalue weighted by Crippen LogP contribution is 2.23. The molecule has 2 nitrogen and oxygen atoms in total. The van der Waals surface area contributed by atoms with Gasteiger partial charge in [0.15, 0.2) is 0 Å². The molecule has 66 valence electrons. The number of likely N-dealkylation sites (N-methyl/N-ethyl adjacent to an activating group) is 1.